The Hall–Kier alpha value is -0.780. The summed E-state index contributed by atoms with van der Waals surface area (Å²) in [5.41, 5.74) is 1.89. The topological polar surface area (TPSA) is 38.3 Å². The Labute approximate surface area is 121 Å². The summed E-state index contributed by atoms with van der Waals surface area (Å²) < 4.78 is 6.62. The van der Waals surface area contributed by atoms with E-state index in [0.29, 0.717) is 0 Å². The van der Waals surface area contributed by atoms with Gasteiger partial charge in [0.1, 0.15) is 5.75 Å². The van der Waals surface area contributed by atoms with Gasteiger partial charge in [0.15, 0.2) is 0 Å². The first-order valence-corrected chi connectivity index (χ1v) is 7.93. The first-order chi connectivity index (χ1) is 8.81. The number of carbonyl (C=O) groups excluding carboxylic acids is 1. The van der Waals surface area contributed by atoms with Gasteiger partial charge >= 0.3 is 0 Å². The molecule has 0 fully saturated rings. The van der Waals surface area contributed by atoms with Gasteiger partial charge in [-0.25, -0.2) is 0 Å². The van der Waals surface area contributed by atoms with Crippen molar-refractivity contribution in [1.29, 1.82) is 0 Å². The van der Waals surface area contributed by atoms with Gasteiger partial charge in [-0.05, 0) is 41.0 Å². The van der Waals surface area contributed by atoms with Crippen molar-refractivity contribution < 1.29 is 9.53 Å². The molecule has 0 atom stereocenters. The van der Waals surface area contributed by atoms with Gasteiger partial charge in [0.2, 0.25) is 0 Å². The lowest BCUT2D eigenvalue weighted by Gasteiger charge is -2.06. The number of alkyl halides is 1. The third-order valence-electron chi connectivity index (χ3n) is 3.05. The van der Waals surface area contributed by atoms with Gasteiger partial charge in [-0.1, -0.05) is 29.0 Å². The van der Waals surface area contributed by atoms with Crippen molar-refractivity contribution in [2.45, 2.75) is 25.7 Å². The van der Waals surface area contributed by atoms with E-state index >= 15 is 0 Å². The second-order valence-corrected chi connectivity index (χ2v) is 5.51. The van der Waals surface area contributed by atoms with E-state index in [4.69, 9.17) is 4.74 Å². The molecule has 1 aliphatic heterocycles. The normalized spacial score (nSPS) is 12.9. The van der Waals surface area contributed by atoms with E-state index in [0.717, 1.165) is 42.9 Å². The minimum atomic E-state index is 0.0270. The molecular weight excluding hydrogens is 341 g/mol. The number of hydrogen-bond acceptors (Lipinski definition) is 2. The highest BCUT2D eigenvalue weighted by Crippen LogP contribution is 2.25. The molecule has 0 saturated carbocycles. The van der Waals surface area contributed by atoms with Crippen LogP contribution in [0.25, 0.3) is 0 Å². The Bertz CT molecular complexity index is 420. The van der Waals surface area contributed by atoms with Crippen molar-refractivity contribution in [1.82, 2.24) is 5.32 Å². The predicted molar refractivity (Wildman–Crippen MR) is 80.7 cm³/mol. The summed E-state index contributed by atoms with van der Waals surface area (Å²) in [5.74, 6) is 0.952. The van der Waals surface area contributed by atoms with Crippen LogP contribution in [0.3, 0.4) is 0 Å². The monoisotopic (exact) mass is 359 g/mol. The summed E-state index contributed by atoms with van der Waals surface area (Å²) in [6.07, 6.45) is 4.38. The zero-order chi connectivity index (χ0) is 12.8. The standard InChI is InChI=1S/C14H18INO2/c15-7-2-1-3-8-16-14(17)12-4-5-13-11(10-12)6-9-18-13/h4-5,10H,1-3,6-9H2,(H,16,17). The summed E-state index contributed by atoms with van der Waals surface area (Å²) in [6.45, 7) is 1.50. The number of ether oxygens (including phenoxy) is 1. The maximum Gasteiger partial charge on any atom is 0.251 e. The Balaban J connectivity index is 1.82. The lowest BCUT2D eigenvalue weighted by atomic mass is 10.1. The van der Waals surface area contributed by atoms with Crippen molar-refractivity contribution in [3.63, 3.8) is 0 Å². The predicted octanol–water partition coefficient (Wildman–Crippen LogP) is 2.96. The summed E-state index contributed by atoms with van der Waals surface area (Å²) in [6, 6.07) is 5.68. The molecule has 3 nitrogen and oxygen atoms in total. The third kappa shape index (κ3) is 3.60. The van der Waals surface area contributed by atoms with Gasteiger partial charge < -0.3 is 10.1 Å². The number of carbonyl (C=O) groups is 1. The van der Waals surface area contributed by atoms with Crippen LogP contribution < -0.4 is 10.1 Å². The number of amides is 1. The molecule has 2 rings (SSSR count). The maximum absolute atomic E-state index is 11.9. The fourth-order valence-corrected chi connectivity index (χ4v) is 2.57. The van der Waals surface area contributed by atoms with E-state index in [1.165, 1.54) is 17.3 Å². The van der Waals surface area contributed by atoms with Crippen molar-refractivity contribution in [2.24, 2.45) is 0 Å². The lowest BCUT2D eigenvalue weighted by Crippen LogP contribution is -2.24. The molecule has 0 saturated heterocycles. The molecule has 0 unspecified atom stereocenters. The van der Waals surface area contributed by atoms with Crippen LogP contribution in [0.5, 0.6) is 5.75 Å². The Kier molecular flexibility index (Phi) is 5.28. The summed E-state index contributed by atoms with van der Waals surface area (Å²) in [5, 5.41) is 2.97. The molecule has 98 valence electrons. The van der Waals surface area contributed by atoms with Gasteiger partial charge in [-0.3, -0.25) is 4.79 Å². The second kappa shape index (κ2) is 6.97. The molecule has 1 amide bonds. The Morgan fingerprint density at radius 3 is 3.06 bits per heavy atom. The van der Waals surface area contributed by atoms with Crippen molar-refractivity contribution in [2.75, 3.05) is 17.6 Å². The highest BCUT2D eigenvalue weighted by atomic mass is 127. The minimum absolute atomic E-state index is 0.0270. The summed E-state index contributed by atoms with van der Waals surface area (Å²) >= 11 is 2.38. The molecule has 1 aromatic rings. The largest absolute Gasteiger partial charge is 0.493 e. The van der Waals surface area contributed by atoms with Gasteiger partial charge in [-0.2, -0.15) is 0 Å². The highest BCUT2D eigenvalue weighted by Gasteiger charge is 2.14. The smallest absolute Gasteiger partial charge is 0.251 e. The Morgan fingerprint density at radius 1 is 1.33 bits per heavy atom. The number of hydrogen-bond donors (Lipinski definition) is 1. The fourth-order valence-electron chi connectivity index (χ4n) is 2.03. The Morgan fingerprint density at radius 2 is 2.22 bits per heavy atom. The van der Waals surface area contributed by atoms with Gasteiger partial charge in [-0.15, -0.1) is 0 Å². The second-order valence-electron chi connectivity index (χ2n) is 4.43. The molecule has 0 spiro atoms. The number of benzene rings is 1. The SMILES string of the molecule is O=C(NCCCCCI)c1ccc2c(c1)CCO2. The molecular formula is C14H18INO2. The average Bonchev–Trinajstić information content (AvgIpc) is 2.85. The van der Waals surface area contributed by atoms with Crippen LogP contribution in [0.2, 0.25) is 0 Å². The number of halogens is 1. The van der Waals surface area contributed by atoms with E-state index in [-0.39, 0.29) is 5.91 Å². The fraction of sp³-hybridized carbons (Fsp3) is 0.500. The van der Waals surface area contributed by atoms with Crippen LogP contribution in [0.1, 0.15) is 35.2 Å². The van der Waals surface area contributed by atoms with E-state index < -0.39 is 0 Å². The lowest BCUT2D eigenvalue weighted by molar-refractivity contribution is 0.0953. The van der Waals surface area contributed by atoms with Gasteiger partial charge in [0.25, 0.3) is 5.91 Å². The molecule has 1 N–H and O–H groups in total. The minimum Gasteiger partial charge on any atom is -0.493 e. The molecule has 1 heterocycles. The van der Waals surface area contributed by atoms with Crippen LogP contribution in [0.4, 0.5) is 0 Å². The van der Waals surface area contributed by atoms with Crippen LogP contribution in [-0.4, -0.2) is 23.5 Å². The molecule has 0 radical (unpaired) electrons. The first kappa shape index (κ1) is 13.6. The number of rotatable bonds is 6. The summed E-state index contributed by atoms with van der Waals surface area (Å²) in [7, 11) is 0. The number of unbranched alkanes of at least 4 members (excludes halogenated alkanes) is 2. The van der Waals surface area contributed by atoms with E-state index in [9.17, 15) is 4.79 Å². The average molecular weight is 359 g/mol. The quantitative estimate of drug-likeness (QED) is 0.482. The molecule has 4 heteroatoms. The molecule has 18 heavy (non-hydrogen) atoms. The molecule has 0 aliphatic carbocycles. The van der Waals surface area contributed by atoms with Crippen LogP contribution in [-0.2, 0) is 6.42 Å². The molecule has 1 aromatic carbocycles. The van der Waals surface area contributed by atoms with E-state index in [1.807, 2.05) is 18.2 Å². The number of nitrogens with one attached hydrogen (secondary N) is 1. The zero-order valence-corrected chi connectivity index (χ0v) is 12.5. The van der Waals surface area contributed by atoms with Crippen LogP contribution >= 0.6 is 22.6 Å². The highest BCUT2D eigenvalue weighted by molar-refractivity contribution is 14.1. The number of fused-ring (bicyclic) bond motifs is 1. The van der Waals surface area contributed by atoms with Crippen LogP contribution in [0.15, 0.2) is 18.2 Å². The molecule has 0 bridgehead atoms. The van der Waals surface area contributed by atoms with Crippen molar-refractivity contribution in [3.05, 3.63) is 29.3 Å². The zero-order valence-electron chi connectivity index (χ0n) is 10.4. The third-order valence-corrected chi connectivity index (χ3v) is 3.81. The van der Waals surface area contributed by atoms with Crippen LogP contribution in [0, 0.1) is 0 Å². The van der Waals surface area contributed by atoms with Crippen molar-refractivity contribution >= 4 is 28.5 Å². The van der Waals surface area contributed by atoms with Gasteiger partial charge in [0, 0.05) is 18.5 Å². The van der Waals surface area contributed by atoms with Gasteiger partial charge in [0.05, 0.1) is 6.61 Å². The summed E-state index contributed by atoms with van der Waals surface area (Å²) in [4.78, 5) is 11.9. The molecule has 1 aliphatic rings. The van der Waals surface area contributed by atoms with Crippen molar-refractivity contribution in [3.8, 4) is 5.75 Å². The molecule has 0 aromatic heterocycles. The first-order valence-electron chi connectivity index (χ1n) is 6.41. The maximum atomic E-state index is 11.9. The van der Waals surface area contributed by atoms with E-state index in [2.05, 4.69) is 27.9 Å². The van der Waals surface area contributed by atoms with E-state index in [1.54, 1.807) is 0 Å².